The van der Waals surface area contributed by atoms with E-state index in [2.05, 4.69) is 6.58 Å². The van der Waals surface area contributed by atoms with E-state index in [0.717, 1.165) is 0 Å². The molecule has 1 aliphatic heterocycles. The van der Waals surface area contributed by atoms with Crippen LogP contribution in [0.5, 0.6) is 0 Å². The van der Waals surface area contributed by atoms with Gasteiger partial charge in [-0.05, 0) is 19.4 Å². The van der Waals surface area contributed by atoms with Crippen molar-refractivity contribution < 1.29 is 16.8 Å². The lowest BCUT2D eigenvalue weighted by Gasteiger charge is -2.06. The average molecular weight is 262 g/mol. The van der Waals surface area contributed by atoms with Crippen LogP contribution in [0.15, 0.2) is 34.6 Å². The number of hydrogen-bond acceptors (Lipinski definition) is 4. The van der Waals surface area contributed by atoms with E-state index in [1.807, 2.05) is 0 Å². The summed E-state index contributed by atoms with van der Waals surface area (Å²) in [5.41, 5.74) is 0. The summed E-state index contributed by atoms with van der Waals surface area (Å²) < 4.78 is 46.2. The fourth-order valence-corrected chi connectivity index (χ4v) is 7.00. The van der Waals surface area contributed by atoms with Crippen molar-refractivity contribution in [3.8, 4) is 0 Å². The summed E-state index contributed by atoms with van der Waals surface area (Å²) in [6.45, 7) is 6.29. The zero-order valence-corrected chi connectivity index (χ0v) is 10.8. The van der Waals surface area contributed by atoms with E-state index in [1.165, 1.54) is 25.2 Å². The smallest absolute Gasteiger partial charge is 0.196 e. The number of sulfone groups is 2. The summed E-state index contributed by atoms with van der Waals surface area (Å²) in [6, 6.07) is 0. The van der Waals surface area contributed by atoms with Gasteiger partial charge in [-0.25, -0.2) is 16.8 Å². The first-order valence-electron chi connectivity index (χ1n) is 4.78. The van der Waals surface area contributed by atoms with Crippen LogP contribution in [0, 0.1) is 0 Å². The van der Waals surface area contributed by atoms with Crippen molar-refractivity contribution in [3.63, 3.8) is 0 Å². The van der Waals surface area contributed by atoms with Crippen molar-refractivity contribution in [2.75, 3.05) is 0 Å². The van der Waals surface area contributed by atoms with Gasteiger partial charge in [0.1, 0.15) is 0 Å². The van der Waals surface area contributed by atoms with Gasteiger partial charge < -0.3 is 0 Å². The van der Waals surface area contributed by atoms with Crippen molar-refractivity contribution in [3.05, 3.63) is 34.6 Å². The monoisotopic (exact) mass is 262 g/mol. The molecule has 0 N–H and O–H groups in total. The molecule has 90 valence electrons. The Morgan fingerprint density at radius 2 is 1.81 bits per heavy atom. The Balaban J connectivity index is 3.54. The molecule has 0 aromatic rings. The van der Waals surface area contributed by atoms with Crippen molar-refractivity contribution in [1.29, 1.82) is 0 Å². The molecule has 1 unspecified atom stereocenters. The maximum atomic E-state index is 11.9. The predicted molar refractivity (Wildman–Crippen MR) is 64.0 cm³/mol. The predicted octanol–water partition coefficient (Wildman–Crippen LogP) is 1.54. The molecule has 6 heteroatoms. The molecule has 0 saturated heterocycles. The number of hydrogen-bond donors (Lipinski definition) is 0. The molecule has 0 aromatic heterocycles. The molecule has 0 aliphatic carbocycles. The van der Waals surface area contributed by atoms with Gasteiger partial charge in [0, 0.05) is 0 Å². The lowest BCUT2D eigenvalue weighted by molar-refractivity contribution is 0.583. The zero-order chi connectivity index (χ0) is 12.6. The highest BCUT2D eigenvalue weighted by Gasteiger charge is 2.47. The fraction of sp³-hybridized carbons (Fsp3) is 0.400. The minimum atomic E-state index is -3.75. The van der Waals surface area contributed by atoms with Gasteiger partial charge in [0.2, 0.25) is 0 Å². The molecular weight excluding hydrogens is 248 g/mol. The highest BCUT2D eigenvalue weighted by molar-refractivity contribution is 8.15. The highest BCUT2D eigenvalue weighted by Crippen LogP contribution is 2.37. The van der Waals surface area contributed by atoms with Gasteiger partial charge in [-0.1, -0.05) is 25.7 Å². The van der Waals surface area contributed by atoms with Crippen LogP contribution in [-0.2, 0) is 19.7 Å². The molecule has 0 amide bonds. The minimum absolute atomic E-state index is 0.0629. The van der Waals surface area contributed by atoms with E-state index in [0.29, 0.717) is 0 Å². The molecule has 16 heavy (non-hydrogen) atoms. The maximum Gasteiger partial charge on any atom is 0.196 e. The second kappa shape index (κ2) is 4.18. The van der Waals surface area contributed by atoms with Gasteiger partial charge in [-0.15, -0.1) is 0 Å². The number of rotatable bonds is 3. The fourth-order valence-electron chi connectivity index (χ4n) is 1.65. The van der Waals surface area contributed by atoms with Crippen LogP contribution in [0.4, 0.5) is 0 Å². The van der Waals surface area contributed by atoms with Crippen LogP contribution >= 0.6 is 0 Å². The van der Waals surface area contributed by atoms with Crippen LogP contribution in [-0.4, -0.2) is 21.4 Å². The van der Waals surface area contributed by atoms with Gasteiger partial charge in [0.25, 0.3) is 0 Å². The first-order chi connectivity index (χ1) is 7.30. The quantitative estimate of drug-likeness (QED) is 0.723. The molecule has 0 radical (unpaired) electrons. The molecule has 0 fully saturated rings. The topological polar surface area (TPSA) is 68.3 Å². The molecule has 0 saturated carbocycles. The van der Waals surface area contributed by atoms with E-state index in [4.69, 9.17) is 0 Å². The summed E-state index contributed by atoms with van der Waals surface area (Å²) >= 11 is 0. The molecule has 1 rings (SSSR count). The van der Waals surface area contributed by atoms with Crippen molar-refractivity contribution in [2.24, 2.45) is 0 Å². The maximum absolute atomic E-state index is 11.9. The van der Waals surface area contributed by atoms with Gasteiger partial charge in [-0.2, -0.15) is 0 Å². The van der Waals surface area contributed by atoms with Crippen LogP contribution < -0.4 is 0 Å². The first-order valence-corrected chi connectivity index (χ1v) is 7.87. The normalized spacial score (nSPS) is 27.5. The zero-order valence-electron chi connectivity index (χ0n) is 9.17. The van der Waals surface area contributed by atoms with E-state index in [-0.39, 0.29) is 16.2 Å². The van der Waals surface area contributed by atoms with E-state index < -0.39 is 24.3 Å². The molecule has 0 bridgehead atoms. The van der Waals surface area contributed by atoms with E-state index >= 15 is 0 Å². The minimum Gasteiger partial charge on any atom is -0.223 e. The molecule has 0 spiro atoms. The highest BCUT2D eigenvalue weighted by atomic mass is 32.3. The third-order valence-corrected chi connectivity index (χ3v) is 8.32. The van der Waals surface area contributed by atoms with Gasteiger partial charge in [0.15, 0.2) is 24.3 Å². The Hall–Kier alpha value is -0.880. The average Bonchev–Trinajstić information content (AvgIpc) is 2.29. The third-order valence-electron chi connectivity index (χ3n) is 2.49. The molecule has 0 aromatic carbocycles. The molecular formula is C10H14O4S2. The van der Waals surface area contributed by atoms with Gasteiger partial charge in [0.05, 0.1) is 9.81 Å². The van der Waals surface area contributed by atoms with Crippen molar-refractivity contribution in [1.82, 2.24) is 0 Å². The Bertz CT molecular complexity index is 562. The first kappa shape index (κ1) is 13.2. The molecule has 1 aliphatic rings. The number of allylic oxidation sites excluding steroid dienone is 4. The largest absolute Gasteiger partial charge is 0.223 e. The third kappa shape index (κ3) is 1.76. The standard InChI is InChI=1S/C10H14O4S2/c1-4-6-7-9-8(3)15(11,12)10(5-2)16(9,13)14/h4,6-7,10H,1,5H2,2-3H3/b7-6-. The van der Waals surface area contributed by atoms with Crippen molar-refractivity contribution in [2.45, 2.75) is 24.9 Å². The Morgan fingerprint density at radius 3 is 2.19 bits per heavy atom. The van der Waals surface area contributed by atoms with Crippen LogP contribution in [0.2, 0.25) is 0 Å². The molecule has 1 atom stereocenters. The summed E-state index contributed by atoms with van der Waals surface area (Å²) in [6.07, 6.45) is 4.17. The van der Waals surface area contributed by atoms with E-state index in [1.54, 1.807) is 6.92 Å². The summed E-state index contributed by atoms with van der Waals surface area (Å²) in [5.74, 6) is 0. The Morgan fingerprint density at radius 1 is 1.25 bits per heavy atom. The lowest BCUT2D eigenvalue weighted by atomic mass is 10.4. The Labute approximate surface area is 96.2 Å². The summed E-state index contributed by atoms with van der Waals surface area (Å²) in [7, 11) is -7.45. The van der Waals surface area contributed by atoms with E-state index in [9.17, 15) is 16.8 Å². The second-order valence-corrected chi connectivity index (χ2v) is 8.11. The second-order valence-electron chi connectivity index (χ2n) is 3.44. The lowest BCUT2D eigenvalue weighted by Crippen LogP contribution is -2.23. The van der Waals surface area contributed by atoms with Crippen LogP contribution in [0.25, 0.3) is 0 Å². The SMILES string of the molecule is C=C/C=C\C1=C(C)S(=O)(=O)C(CC)S1(=O)=O. The molecule has 1 heterocycles. The van der Waals surface area contributed by atoms with Crippen molar-refractivity contribution >= 4 is 19.7 Å². The van der Waals surface area contributed by atoms with Gasteiger partial charge in [-0.3, -0.25) is 0 Å². The van der Waals surface area contributed by atoms with Crippen LogP contribution in [0.1, 0.15) is 20.3 Å². The summed E-state index contributed by atoms with van der Waals surface area (Å²) in [5, 5.41) is 0. The Kier molecular flexibility index (Phi) is 3.44. The van der Waals surface area contributed by atoms with Gasteiger partial charge >= 0.3 is 0 Å². The summed E-state index contributed by atoms with van der Waals surface area (Å²) in [4.78, 5) is -0.184. The van der Waals surface area contributed by atoms with Crippen LogP contribution in [0.3, 0.4) is 0 Å². The molecule has 4 nitrogen and oxygen atoms in total.